The first-order chi connectivity index (χ1) is 10.8. The van der Waals surface area contributed by atoms with Crippen molar-refractivity contribution < 1.29 is 9.13 Å². The molecule has 2 heterocycles. The third-order valence-electron chi connectivity index (χ3n) is 4.87. The number of rotatable bonds is 1. The highest BCUT2D eigenvalue weighted by Gasteiger charge is 2.24. The van der Waals surface area contributed by atoms with Crippen LogP contribution >= 0.6 is 0 Å². The van der Waals surface area contributed by atoms with E-state index in [4.69, 9.17) is 4.74 Å². The Labute approximate surface area is 129 Å². The number of ether oxygens (including phenoxy) is 1. The lowest BCUT2D eigenvalue weighted by atomic mass is 9.96. The second kappa shape index (κ2) is 5.51. The Morgan fingerprint density at radius 2 is 2.18 bits per heavy atom. The van der Waals surface area contributed by atoms with Gasteiger partial charge in [0, 0.05) is 6.61 Å². The van der Waals surface area contributed by atoms with Gasteiger partial charge >= 0.3 is 0 Å². The second-order valence-electron chi connectivity index (χ2n) is 6.32. The maximum atomic E-state index is 14.6. The Bertz CT molecular complexity index is 741. The molecule has 4 rings (SSSR count). The maximum absolute atomic E-state index is 14.6. The summed E-state index contributed by atoms with van der Waals surface area (Å²) in [6, 6.07) is 4.13. The van der Waals surface area contributed by atoms with E-state index >= 15 is 0 Å². The Kier molecular flexibility index (Phi) is 3.49. The number of aromatic nitrogens is 2. The molecule has 0 N–H and O–H groups in total. The summed E-state index contributed by atoms with van der Waals surface area (Å²) in [5.74, 6) is -0.351. The predicted molar refractivity (Wildman–Crippen MR) is 85.1 cm³/mol. The van der Waals surface area contributed by atoms with Crippen LogP contribution < -0.4 is 0 Å². The summed E-state index contributed by atoms with van der Waals surface area (Å²) in [4.78, 5) is 0. The van der Waals surface area contributed by atoms with E-state index in [0.29, 0.717) is 5.39 Å². The fraction of sp³-hybridized carbons (Fsp3) is 0.500. The van der Waals surface area contributed by atoms with Crippen molar-refractivity contribution in [3.63, 3.8) is 0 Å². The molecule has 1 aromatic carbocycles. The van der Waals surface area contributed by atoms with Crippen LogP contribution in [0.1, 0.15) is 56.4 Å². The number of hydrogen-bond acceptors (Lipinski definition) is 2. The molecule has 0 radical (unpaired) electrons. The summed E-state index contributed by atoms with van der Waals surface area (Å²) in [5, 5.41) is 4.88. The molecule has 3 nitrogen and oxygen atoms in total. The minimum Gasteiger partial charge on any atom is -0.356 e. The minimum atomic E-state index is -0.351. The third kappa shape index (κ3) is 2.17. The maximum Gasteiger partial charge on any atom is 0.240 e. The number of aryl methyl sites for hydroxylation is 1. The van der Waals surface area contributed by atoms with Gasteiger partial charge in [-0.1, -0.05) is 12.1 Å². The molecule has 116 valence electrons. The van der Waals surface area contributed by atoms with Crippen LogP contribution in [-0.4, -0.2) is 16.4 Å². The Balaban J connectivity index is 1.89. The van der Waals surface area contributed by atoms with Crippen molar-refractivity contribution in [1.82, 2.24) is 9.78 Å². The summed E-state index contributed by atoms with van der Waals surface area (Å²) in [5.41, 5.74) is 4.41. The predicted octanol–water partition coefficient (Wildman–Crippen LogP) is 4.61. The van der Waals surface area contributed by atoms with E-state index in [1.54, 1.807) is 4.68 Å². The van der Waals surface area contributed by atoms with Crippen molar-refractivity contribution in [1.29, 1.82) is 0 Å². The molecule has 2 aromatic rings. The highest BCUT2D eigenvalue weighted by atomic mass is 19.1. The molecule has 1 fully saturated rings. The molecular weight excluding hydrogens is 279 g/mol. The lowest BCUT2D eigenvalue weighted by molar-refractivity contribution is -0.0375. The molecule has 1 saturated heterocycles. The molecule has 0 spiro atoms. The van der Waals surface area contributed by atoms with Crippen LogP contribution in [0.2, 0.25) is 0 Å². The third-order valence-corrected chi connectivity index (χ3v) is 4.87. The van der Waals surface area contributed by atoms with Crippen molar-refractivity contribution in [3.05, 3.63) is 35.3 Å². The first-order valence-electron chi connectivity index (χ1n) is 8.24. The van der Waals surface area contributed by atoms with Crippen molar-refractivity contribution >= 4 is 16.5 Å². The van der Waals surface area contributed by atoms with Gasteiger partial charge in [0.15, 0.2) is 6.23 Å². The molecule has 1 aromatic heterocycles. The zero-order valence-corrected chi connectivity index (χ0v) is 12.9. The summed E-state index contributed by atoms with van der Waals surface area (Å²) in [6.07, 6.45) is 8.27. The molecule has 1 unspecified atom stereocenters. The Morgan fingerprint density at radius 1 is 1.27 bits per heavy atom. The van der Waals surface area contributed by atoms with Gasteiger partial charge in [0.1, 0.15) is 0 Å². The molecule has 22 heavy (non-hydrogen) atoms. The van der Waals surface area contributed by atoms with Gasteiger partial charge in [-0.05, 0) is 68.2 Å². The normalized spacial score (nSPS) is 22.3. The van der Waals surface area contributed by atoms with Crippen LogP contribution in [0.5, 0.6) is 0 Å². The number of hydrogen-bond donors (Lipinski definition) is 0. The monoisotopic (exact) mass is 300 g/mol. The molecule has 0 saturated carbocycles. The lowest BCUT2D eigenvalue weighted by Crippen LogP contribution is -2.19. The molecule has 1 atom stereocenters. The number of nitrogens with zero attached hydrogens (tertiary/aromatic N) is 2. The number of halogens is 1. The van der Waals surface area contributed by atoms with Gasteiger partial charge in [0.05, 0.1) is 10.9 Å². The van der Waals surface area contributed by atoms with Gasteiger partial charge in [-0.2, -0.15) is 4.39 Å². The number of allylic oxidation sites excluding steroid dienone is 2. The van der Waals surface area contributed by atoms with Crippen LogP contribution in [0.3, 0.4) is 0 Å². The highest BCUT2D eigenvalue weighted by molar-refractivity contribution is 5.88. The van der Waals surface area contributed by atoms with Crippen molar-refractivity contribution in [2.75, 3.05) is 6.61 Å². The summed E-state index contributed by atoms with van der Waals surface area (Å²) in [7, 11) is 0. The van der Waals surface area contributed by atoms with Crippen molar-refractivity contribution in [3.8, 4) is 0 Å². The fourth-order valence-electron chi connectivity index (χ4n) is 3.73. The van der Waals surface area contributed by atoms with Crippen LogP contribution in [0.15, 0.2) is 18.2 Å². The zero-order chi connectivity index (χ0) is 15.1. The number of fused-ring (bicyclic) bond motifs is 3. The van der Waals surface area contributed by atoms with Crippen molar-refractivity contribution in [2.24, 2.45) is 0 Å². The first-order valence-corrected chi connectivity index (χ1v) is 8.24. The first kappa shape index (κ1) is 13.9. The van der Waals surface area contributed by atoms with Crippen LogP contribution in [-0.2, 0) is 11.2 Å². The van der Waals surface area contributed by atoms with Crippen LogP contribution in [0.4, 0.5) is 4.39 Å². The molecule has 2 aliphatic rings. The highest BCUT2D eigenvalue weighted by Crippen LogP contribution is 2.35. The van der Waals surface area contributed by atoms with Gasteiger partial charge in [0.25, 0.3) is 0 Å². The van der Waals surface area contributed by atoms with Gasteiger partial charge < -0.3 is 4.74 Å². The van der Waals surface area contributed by atoms with E-state index in [9.17, 15) is 4.39 Å². The summed E-state index contributed by atoms with van der Waals surface area (Å²) in [6.45, 7) is 2.85. The zero-order valence-electron chi connectivity index (χ0n) is 12.9. The largest absolute Gasteiger partial charge is 0.356 e. The van der Waals surface area contributed by atoms with E-state index in [0.717, 1.165) is 56.2 Å². The smallest absolute Gasteiger partial charge is 0.240 e. The average molecular weight is 300 g/mol. The number of benzene rings is 1. The molecular formula is C18H21FN2O. The van der Waals surface area contributed by atoms with E-state index < -0.39 is 0 Å². The molecule has 1 aliphatic heterocycles. The van der Waals surface area contributed by atoms with Gasteiger partial charge in [-0.25, -0.2) is 4.68 Å². The SMILES string of the molecule is CC1=CCCCc2c1ccc1c2c(F)nn1C1CCCCO1. The average Bonchev–Trinajstić information content (AvgIpc) is 2.77. The standard InChI is InChI=1S/C18H21FN2O/c1-12-6-2-3-7-14-13(12)9-10-15-17(14)18(19)20-21(15)16-8-4-5-11-22-16/h6,9-10,16H,2-5,7-8,11H2,1H3. The lowest BCUT2D eigenvalue weighted by Gasteiger charge is -2.23. The molecule has 0 amide bonds. The fourth-order valence-corrected chi connectivity index (χ4v) is 3.73. The summed E-state index contributed by atoms with van der Waals surface area (Å²) >= 11 is 0. The van der Waals surface area contributed by atoms with E-state index in [2.05, 4.69) is 24.2 Å². The Morgan fingerprint density at radius 3 is 3.00 bits per heavy atom. The van der Waals surface area contributed by atoms with Crippen LogP contribution in [0, 0.1) is 5.95 Å². The van der Waals surface area contributed by atoms with Gasteiger partial charge in [-0.15, -0.1) is 5.10 Å². The van der Waals surface area contributed by atoms with Crippen LogP contribution in [0.25, 0.3) is 16.5 Å². The van der Waals surface area contributed by atoms with E-state index in [1.165, 1.54) is 11.1 Å². The van der Waals surface area contributed by atoms with Gasteiger partial charge in [0.2, 0.25) is 5.95 Å². The van der Waals surface area contributed by atoms with E-state index in [1.807, 2.05) is 6.07 Å². The quantitative estimate of drug-likeness (QED) is 0.768. The summed E-state index contributed by atoms with van der Waals surface area (Å²) < 4.78 is 22.2. The molecule has 4 heteroatoms. The van der Waals surface area contributed by atoms with Gasteiger partial charge in [-0.3, -0.25) is 0 Å². The van der Waals surface area contributed by atoms with Crippen molar-refractivity contribution in [2.45, 2.75) is 51.7 Å². The molecule has 0 bridgehead atoms. The van der Waals surface area contributed by atoms with E-state index in [-0.39, 0.29) is 12.2 Å². The minimum absolute atomic E-state index is 0.124. The Hall–Kier alpha value is -1.68. The molecule has 1 aliphatic carbocycles. The second-order valence-corrected chi connectivity index (χ2v) is 6.32. The topological polar surface area (TPSA) is 27.1 Å².